The molecule has 0 atom stereocenters. The predicted octanol–water partition coefficient (Wildman–Crippen LogP) is 14.1. The van der Waals surface area contributed by atoms with Gasteiger partial charge in [-0.15, -0.1) is 11.3 Å². The lowest BCUT2D eigenvalue weighted by molar-refractivity contribution is 0.670. The van der Waals surface area contributed by atoms with E-state index in [2.05, 4.69) is 145 Å². The number of aromatic nitrogens is 3. The van der Waals surface area contributed by atoms with Crippen LogP contribution in [-0.2, 0) is 0 Å². The number of pyridine rings is 1. The summed E-state index contributed by atoms with van der Waals surface area (Å²) in [5.41, 5.74) is 13.0. The van der Waals surface area contributed by atoms with Gasteiger partial charge in [0.05, 0.1) is 17.1 Å². The first-order valence-corrected chi connectivity index (χ1v) is 19.5. The molecule has 0 unspecified atom stereocenters. The van der Waals surface area contributed by atoms with Gasteiger partial charge in [0.1, 0.15) is 11.2 Å². The third-order valence-electron chi connectivity index (χ3n) is 10.6. The van der Waals surface area contributed by atoms with Gasteiger partial charge in [-0.05, 0) is 59.2 Å². The highest BCUT2D eigenvalue weighted by atomic mass is 32.1. The highest BCUT2D eigenvalue weighted by Crippen LogP contribution is 2.44. The van der Waals surface area contributed by atoms with Crippen LogP contribution in [0, 0.1) is 0 Å². The van der Waals surface area contributed by atoms with Crippen LogP contribution in [0.5, 0.6) is 0 Å². The third kappa shape index (κ3) is 5.56. The van der Waals surface area contributed by atoms with Crippen molar-refractivity contribution in [2.24, 2.45) is 0 Å². The number of nitrogens with zero attached hydrogens (tertiary/aromatic N) is 3. The van der Waals surface area contributed by atoms with E-state index >= 15 is 0 Å². The van der Waals surface area contributed by atoms with Crippen LogP contribution in [0.3, 0.4) is 0 Å². The van der Waals surface area contributed by atoms with Gasteiger partial charge in [0, 0.05) is 65.0 Å². The summed E-state index contributed by atoms with van der Waals surface area (Å²) >= 11 is 1.84. The van der Waals surface area contributed by atoms with Crippen molar-refractivity contribution < 1.29 is 4.42 Å². The maximum absolute atomic E-state index is 6.69. The van der Waals surface area contributed by atoms with Crippen LogP contribution in [0.1, 0.15) is 0 Å². The van der Waals surface area contributed by atoms with Gasteiger partial charge in [-0.1, -0.05) is 140 Å². The molecule has 0 radical (unpaired) electrons. The number of thiophene rings is 1. The van der Waals surface area contributed by atoms with Crippen molar-refractivity contribution in [3.63, 3.8) is 0 Å². The highest BCUT2D eigenvalue weighted by Gasteiger charge is 2.19. The van der Waals surface area contributed by atoms with Crippen molar-refractivity contribution >= 4 is 53.4 Å². The lowest BCUT2D eigenvalue weighted by Gasteiger charge is -2.11. The first kappa shape index (κ1) is 32.2. The van der Waals surface area contributed by atoms with Crippen molar-refractivity contribution in [3.8, 4) is 67.4 Å². The van der Waals surface area contributed by atoms with Crippen LogP contribution in [0.4, 0.5) is 0 Å². The first-order chi connectivity index (χ1) is 27.7. The number of hydrogen-bond acceptors (Lipinski definition) is 5. The molecule has 0 N–H and O–H groups in total. The van der Waals surface area contributed by atoms with E-state index in [9.17, 15) is 0 Å². The Morgan fingerprint density at radius 1 is 0.393 bits per heavy atom. The molecule has 11 aromatic rings. The van der Waals surface area contributed by atoms with E-state index < -0.39 is 0 Å². The Morgan fingerprint density at radius 2 is 1.00 bits per heavy atom. The number of hydrogen-bond donors (Lipinski definition) is 0. The van der Waals surface area contributed by atoms with Crippen molar-refractivity contribution in [3.05, 3.63) is 188 Å². The molecule has 56 heavy (non-hydrogen) atoms. The molecule has 11 rings (SSSR count). The Kier molecular flexibility index (Phi) is 7.64. The van der Waals surface area contributed by atoms with E-state index in [-0.39, 0.29) is 0 Å². The van der Waals surface area contributed by atoms with Gasteiger partial charge in [-0.2, -0.15) is 0 Å². The molecular weight excluding hydrogens is 703 g/mol. The van der Waals surface area contributed by atoms with E-state index in [1.807, 2.05) is 60.0 Å². The minimum absolute atomic E-state index is 0.675. The first-order valence-electron chi connectivity index (χ1n) is 18.7. The average molecular weight is 734 g/mol. The molecule has 0 amide bonds. The zero-order valence-electron chi connectivity index (χ0n) is 30.1. The molecule has 0 saturated carbocycles. The minimum Gasteiger partial charge on any atom is -0.455 e. The van der Waals surface area contributed by atoms with Crippen LogP contribution >= 0.6 is 11.3 Å². The summed E-state index contributed by atoms with van der Waals surface area (Å²) in [7, 11) is 0. The van der Waals surface area contributed by atoms with Crippen LogP contribution in [0.25, 0.3) is 110 Å². The second-order valence-electron chi connectivity index (χ2n) is 14.0. The molecule has 262 valence electrons. The molecule has 0 aliphatic rings. The Balaban J connectivity index is 1.00. The average Bonchev–Trinajstić information content (AvgIpc) is 3.85. The van der Waals surface area contributed by atoms with Crippen LogP contribution < -0.4 is 0 Å². The second kappa shape index (κ2) is 13.3. The summed E-state index contributed by atoms with van der Waals surface area (Å²) in [5, 5.41) is 4.81. The van der Waals surface area contributed by atoms with Crippen molar-refractivity contribution in [1.82, 2.24) is 15.0 Å². The second-order valence-corrected chi connectivity index (χ2v) is 15.1. The maximum Gasteiger partial charge on any atom is 0.160 e. The van der Waals surface area contributed by atoms with Gasteiger partial charge in [-0.3, -0.25) is 4.98 Å². The largest absolute Gasteiger partial charge is 0.455 e. The van der Waals surface area contributed by atoms with Gasteiger partial charge < -0.3 is 4.42 Å². The van der Waals surface area contributed by atoms with E-state index in [1.165, 1.54) is 20.2 Å². The van der Waals surface area contributed by atoms with E-state index in [0.717, 1.165) is 83.5 Å². The topological polar surface area (TPSA) is 51.8 Å². The third-order valence-corrected chi connectivity index (χ3v) is 11.7. The van der Waals surface area contributed by atoms with Crippen molar-refractivity contribution in [2.75, 3.05) is 0 Å². The molecule has 0 aliphatic heterocycles. The maximum atomic E-state index is 6.69. The molecule has 0 aliphatic carbocycles. The molecule has 7 aromatic carbocycles. The lowest BCUT2D eigenvalue weighted by Crippen LogP contribution is -1.96. The summed E-state index contributed by atoms with van der Waals surface area (Å²) in [5.74, 6) is 0.675. The van der Waals surface area contributed by atoms with Gasteiger partial charge in [-0.25, -0.2) is 9.97 Å². The summed E-state index contributed by atoms with van der Waals surface area (Å²) in [6.07, 6.45) is 1.82. The van der Waals surface area contributed by atoms with Gasteiger partial charge in [0.25, 0.3) is 0 Å². The molecule has 0 bridgehead atoms. The number of furan rings is 1. The molecular formula is C51H31N3OS. The van der Waals surface area contributed by atoms with Crippen LogP contribution in [0.2, 0.25) is 0 Å². The quantitative estimate of drug-likeness (QED) is 0.171. The Labute approximate surface area is 327 Å². The smallest absolute Gasteiger partial charge is 0.160 e. The Hall–Kier alpha value is -7.21. The summed E-state index contributed by atoms with van der Waals surface area (Å²) in [6.45, 7) is 0. The number of rotatable bonds is 6. The van der Waals surface area contributed by atoms with Crippen molar-refractivity contribution in [1.29, 1.82) is 0 Å². The van der Waals surface area contributed by atoms with Gasteiger partial charge >= 0.3 is 0 Å². The van der Waals surface area contributed by atoms with Crippen molar-refractivity contribution in [2.45, 2.75) is 0 Å². The number of fused-ring (bicyclic) bond motifs is 6. The van der Waals surface area contributed by atoms with Crippen LogP contribution in [-0.4, -0.2) is 15.0 Å². The molecule has 4 aromatic heterocycles. The fraction of sp³-hybridized carbons (Fsp3) is 0. The lowest BCUT2D eigenvalue weighted by atomic mass is 9.93. The molecule has 0 saturated heterocycles. The SMILES string of the molecule is c1ccc(-c2cc(-c3ccc(-c4ccc(-c5ccc6c(c5)sc5ccccc56)c5oc6ccccc6c45)cc3)nc(-c3ccc(-c4ccccn4)cc3)n2)cc1. The fourth-order valence-corrected chi connectivity index (χ4v) is 8.96. The molecule has 0 spiro atoms. The summed E-state index contributed by atoms with van der Waals surface area (Å²) in [6, 6.07) is 63.6. The zero-order valence-corrected chi connectivity index (χ0v) is 30.9. The standard InChI is InChI=1S/C51H31N3OS/c1-2-10-33(11-3-1)44-31-45(54-51(53-44)36-23-21-34(22-24-36)43-14-8-9-29-52-43)35-19-17-32(18-20-35)38-27-28-39(50-49(38)42-13-4-6-15-46(42)55-50)37-25-26-41-40-12-5-7-16-47(40)56-48(41)30-37/h1-31H. The molecule has 4 nitrogen and oxygen atoms in total. The molecule has 5 heteroatoms. The van der Waals surface area contributed by atoms with Gasteiger partial charge in [0.2, 0.25) is 0 Å². The normalized spacial score (nSPS) is 11.6. The zero-order chi connectivity index (χ0) is 37.0. The summed E-state index contributed by atoms with van der Waals surface area (Å²) < 4.78 is 9.27. The summed E-state index contributed by atoms with van der Waals surface area (Å²) in [4.78, 5) is 14.7. The number of benzene rings is 7. The predicted molar refractivity (Wildman–Crippen MR) is 233 cm³/mol. The fourth-order valence-electron chi connectivity index (χ4n) is 7.81. The van der Waals surface area contributed by atoms with E-state index in [4.69, 9.17) is 14.4 Å². The minimum atomic E-state index is 0.675. The van der Waals surface area contributed by atoms with E-state index in [0.29, 0.717) is 5.82 Å². The Bertz CT molecular complexity index is 3220. The number of para-hydroxylation sites is 1. The Morgan fingerprint density at radius 3 is 1.79 bits per heavy atom. The molecule has 0 fully saturated rings. The van der Waals surface area contributed by atoms with Gasteiger partial charge in [0.15, 0.2) is 5.82 Å². The highest BCUT2D eigenvalue weighted by molar-refractivity contribution is 7.25. The monoisotopic (exact) mass is 733 g/mol. The molecule has 4 heterocycles. The van der Waals surface area contributed by atoms with Crippen LogP contribution in [0.15, 0.2) is 193 Å². The van der Waals surface area contributed by atoms with E-state index in [1.54, 1.807) is 0 Å².